The van der Waals surface area contributed by atoms with E-state index in [1.807, 2.05) is 24.3 Å². The molecule has 34 heavy (non-hydrogen) atoms. The molecule has 7 heteroatoms. The van der Waals surface area contributed by atoms with Gasteiger partial charge in [-0.3, -0.25) is 4.79 Å². The van der Waals surface area contributed by atoms with Gasteiger partial charge in [0.05, 0.1) is 0 Å². The van der Waals surface area contributed by atoms with Gasteiger partial charge in [0.25, 0.3) is 0 Å². The predicted octanol–water partition coefficient (Wildman–Crippen LogP) is 4.45. The summed E-state index contributed by atoms with van der Waals surface area (Å²) < 4.78 is 5.53. The Balaban J connectivity index is 1.28. The van der Waals surface area contributed by atoms with Crippen molar-refractivity contribution in [2.24, 2.45) is 5.92 Å². The summed E-state index contributed by atoms with van der Waals surface area (Å²) in [5.41, 5.74) is 4.57. The molecule has 2 aliphatic carbocycles. The molecule has 0 radical (unpaired) electrons. The highest BCUT2D eigenvalue weighted by Crippen LogP contribution is 2.44. The minimum absolute atomic E-state index is 0.0132. The van der Waals surface area contributed by atoms with E-state index in [2.05, 4.69) is 34.9 Å². The van der Waals surface area contributed by atoms with E-state index in [1.165, 1.54) is 0 Å². The molecule has 0 spiro atoms. The van der Waals surface area contributed by atoms with Crippen LogP contribution < -0.4 is 10.6 Å². The maximum Gasteiger partial charge on any atom is 0.407 e. The van der Waals surface area contributed by atoms with Crippen molar-refractivity contribution in [1.29, 1.82) is 0 Å². The summed E-state index contributed by atoms with van der Waals surface area (Å²) in [5, 5.41) is 14.9. The van der Waals surface area contributed by atoms with Crippen LogP contribution in [0.3, 0.4) is 0 Å². The van der Waals surface area contributed by atoms with E-state index in [9.17, 15) is 19.5 Å². The van der Waals surface area contributed by atoms with Crippen LogP contribution in [0.4, 0.5) is 4.79 Å². The van der Waals surface area contributed by atoms with Crippen LogP contribution >= 0.6 is 0 Å². The van der Waals surface area contributed by atoms with E-state index in [1.54, 1.807) is 6.92 Å². The number of amides is 2. The monoisotopic (exact) mass is 464 g/mol. The fourth-order valence-corrected chi connectivity index (χ4v) is 5.25. The third-order valence-corrected chi connectivity index (χ3v) is 6.90. The van der Waals surface area contributed by atoms with Gasteiger partial charge in [-0.1, -0.05) is 67.8 Å². The van der Waals surface area contributed by atoms with E-state index in [0.29, 0.717) is 0 Å². The Hall–Kier alpha value is -3.35. The first-order valence-electron chi connectivity index (χ1n) is 12.1. The summed E-state index contributed by atoms with van der Waals surface area (Å²) in [7, 11) is 0. The molecule has 0 saturated heterocycles. The summed E-state index contributed by atoms with van der Waals surface area (Å²) >= 11 is 0. The number of fused-ring (bicyclic) bond motifs is 3. The van der Waals surface area contributed by atoms with Gasteiger partial charge in [-0.2, -0.15) is 0 Å². The highest BCUT2D eigenvalue weighted by Gasteiger charge is 2.31. The van der Waals surface area contributed by atoms with E-state index >= 15 is 0 Å². The van der Waals surface area contributed by atoms with E-state index in [4.69, 9.17) is 4.74 Å². The van der Waals surface area contributed by atoms with Crippen LogP contribution in [0.1, 0.15) is 62.5 Å². The molecule has 0 aliphatic heterocycles. The van der Waals surface area contributed by atoms with Crippen molar-refractivity contribution in [3.8, 4) is 11.1 Å². The standard InChI is InChI=1S/C27H32N2O5/c1-17(15-24(30)29-25(26(31)32)18-9-3-2-4-10-18)28-27(33)34-16-23-21-13-7-5-11-19(21)20-12-6-8-14-22(20)23/h5-8,11-14,17-18,23,25H,2-4,9-10,15-16H2,1H3,(H,28,33)(H,29,30)(H,31,32)/t17-,25?/m1/s1. The Kier molecular flexibility index (Phi) is 7.50. The smallest absolute Gasteiger partial charge is 0.407 e. The number of benzene rings is 2. The Morgan fingerprint density at radius 2 is 1.53 bits per heavy atom. The Morgan fingerprint density at radius 3 is 2.12 bits per heavy atom. The highest BCUT2D eigenvalue weighted by atomic mass is 16.5. The normalized spacial score (nSPS) is 17.2. The minimum atomic E-state index is -1.00. The van der Waals surface area contributed by atoms with Gasteiger partial charge < -0.3 is 20.5 Å². The number of hydrogen-bond donors (Lipinski definition) is 3. The Labute approximate surface area is 199 Å². The molecule has 7 nitrogen and oxygen atoms in total. The molecule has 1 fully saturated rings. The lowest BCUT2D eigenvalue weighted by molar-refractivity contribution is -0.144. The van der Waals surface area contributed by atoms with Gasteiger partial charge in [-0.15, -0.1) is 0 Å². The first-order valence-corrected chi connectivity index (χ1v) is 12.1. The lowest BCUT2D eigenvalue weighted by Crippen LogP contribution is -2.48. The number of nitrogens with one attached hydrogen (secondary N) is 2. The van der Waals surface area contributed by atoms with Crippen molar-refractivity contribution < 1.29 is 24.2 Å². The van der Waals surface area contributed by atoms with E-state index in [-0.39, 0.29) is 30.8 Å². The van der Waals surface area contributed by atoms with Gasteiger partial charge >= 0.3 is 12.1 Å². The largest absolute Gasteiger partial charge is 0.480 e. The average Bonchev–Trinajstić information content (AvgIpc) is 3.15. The molecule has 0 aromatic heterocycles. The molecule has 0 bridgehead atoms. The van der Waals surface area contributed by atoms with Crippen molar-refractivity contribution in [3.63, 3.8) is 0 Å². The van der Waals surface area contributed by atoms with Crippen LogP contribution in [0.25, 0.3) is 11.1 Å². The maximum atomic E-state index is 12.5. The molecule has 2 amide bonds. The molecule has 1 unspecified atom stereocenters. The molecular formula is C27H32N2O5. The molecule has 2 atom stereocenters. The molecule has 180 valence electrons. The highest BCUT2D eigenvalue weighted by molar-refractivity contribution is 5.84. The predicted molar refractivity (Wildman–Crippen MR) is 128 cm³/mol. The zero-order valence-electron chi connectivity index (χ0n) is 19.5. The average molecular weight is 465 g/mol. The second-order valence-electron chi connectivity index (χ2n) is 9.36. The van der Waals surface area contributed by atoms with Crippen molar-refractivity contribution in [2.75, 3.05) is 6.61 Å². The van der Waals surface area contributed by atoms with Crippen molar-refractivity contribution >= 4 is 18.0 Å². The number of carboxylic acids is 1. The lowest BCUT2D eigenvalue weighted by atomic mass is 9.84. The number of carboxylic acid groups (broad SMARTS) is 1. The number of hydrogen-bond acceptors (Lipinski definition) is 4. The molecule has 2 aromatic carbocycles. The molecule has 2 aromatic rings. The van der Waals surface area contributed by atoms with Crippen LogP contribution in [-0.4, -0.2) is 41.8 Å². The van der Waals surface area contributed by atoms with Crippen molar-refractivity contribution in [3.05, 3.63) is 59.7 Å². The summed E-state index contributed by atoms with van der Waals surface area (Å²) in [6.07, 6.45) is 4.10. The number of alkyl carbamates (subject to hydrolysis) is 1. The lowest BCUT2D eigenvalue weighted by Gasteiger charge is -2.28. The minimum Gasteiger partial charge on any atom is -0.480 e. The van der Waals surface area contributed by atoms with Crippen molar-refractivity contribution in [1.82, 2.24) is 10.6 Å². The second-order valence-corrected chi connectivity index (χ2v) is 9.36. The van der Waals surface area contributed by atoms with E-state index < -0.39 is 24.1 Å². The molecule has 1 saturated carbocycles. The van der Waals surface area contributed by atoms with E-state index in [0.717, 1.165) is 54.4 Å². The molecular weight excluding hydrogens is 432 g/mol. The van der Waals surface area contributed by atoms with Crippen molar-refractivity contribution in [2.45, 2.75) is 63.5 Å². The summed E-state index contributed by atoms with van der Waals surface area (Å²) in [6, 6.07) is 14.9. The Bertz CT molecular complexity index is 1000. The van der Waals surface area contributed by atoms with Gasteiger partial charge in [0.1, 0.15) is 12.6 Å². The first kappa shape index (κ1) is 23.8. The number of aliphatic carboxylic acids is 1. The first-order chi connectivity index (χ1) is 16.4. The number of rotatable bonds is 8. The van der Waals surface area contributed by atoms with Gasteiger partial charge in [-0.05, 0) is 47.9 Å². The zero-order chi connectivity index (χ0) is 24.1. The van der Waals surface area contributed by atoms with Gasteiger partial charge in [0.2, 0.25) is 5.91 Å². The fourth-order valence-electron chi connectivity index (χ4n) is 5.25. The van der Waals surface area contributed by atoms with Crippen LogP contribution in [-0.2, 0) is 14.3 Å². The number of carbonyl (C=O) groups is 3. The fraction of sp³-hybridized carbons (Fsp3) is 0.444. The third kappa shape index (κ3) is 5.41. The number of ether oxygens (including phenoxy) is 1. The molecule has 4 rings (SSSR count). The molecule has 0 heterocycles. The van der Waals surface area contributed by atoms with Gasteiger partial charge in [0, 0.05) is 18.4 Å². The van der Waals surface area contributed by atoms with Gasteiger partial charge in [-0.25, -0.2) is 9.59 Å². The van der Waals surface area contributed by atoms with Crippen LogP contribution in [0, 0.1) is 5.92 Å². The Morgan fingerprint density at radius 1 is 0.941 bits per heavy atom. The van der Waals surface area contributed by atoms with Crippen LogP contribution in [0.15, 0.2) is 48.5 Å². The summed E-state index contributed by atoms with van der Waals surface area (Å²) in [6.45, 7) is 1.90. The van der Waals surface area contributed by atoms with Crippen LogP contribution in [0.5, 0.6) is 0 Å². The third-order valence-electron chi connectivity index (χ3n) is 6.90. The SMILES string of the molecule is C[C@H](CC(=O)NC(C(=O)O)C1CCCCC1)NC(=O)OCC1c2ccccc2-c2ccccc21. The quantitative estimate of drug-likeness (QED) is 0.535. The summed E-state index contributed by atoms with van der Waals surface area (Å²) in [4.78, 5) is 36.6. The number of carbonyl (C=O) groups excluding carboxylic acids is 2. The topological polar surface area (TPSA) is 105 Å². The molecule has 3 N–H and O–H groups in total. The van der Waals surface area contributed by atoms with Gasteiger partial charge in [0.15, 0.2) is 0 Å². The second kappa shape index (κ2) is 10.7. The zero-order valence-corrected chi connectivity index (χ0v) is 19.5. The maximum absolute atomic E-state index is 12.5. The summed E-state index contributed by atoms with van der Waals surface area (Å²) in [5.74, 6) is -1.47. The van der Waals surface area contributed by atoms with Crippen LogP contribution in [0.2, 0.25) is 0 Å². The molecule has 2 aliphatic rings.